The van der Waals surface area contributed by atoms with Crippen LogP contribution in [0, 0.1) is 13.8 Å². The number of hydrogen-bond acceptors (Lipinski definition) is 4. The fourth-order valence-corrected chi connectivity index (χ4v) is 2.26. The van der Waals surface area contributed by atoms with Gasteiger partial charge in [0, 0.05) is 0 Å². The Kier molecular flexibility index (Phi) is 3.66. The second-order valence-corrected chi connectivity index (χ2v) is 4.97. The quantitative estimate of drug-likeness (QED) is 0.847. The number of primary amides is 1. The molecule has 0 bridgehead atoms. The van der Waals surface area contributed by atoms with E-state index in [-0.39, 0.29) is 11.7 Å². The molecule has 5 nitrogen and oxygen atoms in total. The molecule has 2 rings (SSSR count). The molecule has 1 amide bonds. The van der Waals surface area contributed by atoms with Crippen LogP contribution in [-0.2, 0) is 4.79 Å². The van der Waals surface area contributed by atoms with Crippen molar-refractivity contribution in [3.8, 4) is 5.69 Å². The zero-order valence-electron chi connectivity index (χ0n) is 10.3. The van der Waals surface area contributed by atoms with Gasteiger partial charge in [-0.1, -0.05) is 23.9 Å². The molecule has 6 heteroatoms. The van der Waals surface area contributed by atoms with E-state index in [0.717, 1.165) is 16.8 Å². The molecule has 1 aromatic heterocycles. The first kappa shape index (κ1) is 12.6. The van der Waals surface area contributed by atoms with Crippen molar-refractivity contribution in [2.24, 2.45) is 5.73 Å². The summed E-state index contributed by atoms with van der Waals surface area (Å²) in [7, 11) is 0. The second-order valence-electron chi connectivity index (χ2n) is 4.03. The van der Waals surface area contributed by atoms with E-state index in [2.05, 4.69) is 22.3 Å². The number of hydrogen-bond donors (Lipinski definition) is 1. The molecule has 94 valence electrons. The highest BCUT2D eigenvalue weighted by Crippen LogP contribution is 2.22. The molecule has 0 aliphatic heterocycles. The van der Waals surface area contributed by atoms with Crippen LogP contribution in [0.15, 0.2) is 29.7 Å². The van der Waals surface area contributed by atoms with E-state index in [0.29, 0.717) is 5.16 Å². The number of aromatic nitrogens is 3. The third-order valence-corrected chi connectivity index (χ3v) is 3.45. The van der Waals surface area contributed by atoms with Crippen LogP contribution in [-0.4, -0.2) is 26.4 Å². The summed E-state index contributed by atoms with van der Waals surface area (Å²) in [5.41, 5.74) is 8.44. The molecule has 0 fully saturated rings. The smallest absolute Gasteiger partial charge is 0.227 e. The highest BCUT2D eigenvalue weighted by atomic mass is 32.2. The molecule has 2 aromatic rings. The van der Waals surface area contributed by atoms with Gasteiger partial charge < -0.3 is 5.73 Å². The van der Waals surface area contributed by atoms with Crippen LogP contribution in [0.3, 0.4) is 0 Å². The summed E-state index contributed by atoms with van der Waals surface area (Å²) in [5.74, 6) is -0.167. The normalized spacial score (nSPS) is 10.6. The molecule has 0 radical (unpaired) electrons. The van der Waals surface area contributed by atoms with E-state index in [1.54, 1.807) is 6.33 Å². The average Bonchev–Trinajstić information content (AvgIpc) is 2.77. The summed E-state index contributed by atoms with van der Waals surface area (Å²) < 4.78 is 1.87. The van der Waals surface area contributed by atoms with Gasteiger partial charge in [0.15, 0.2) is 5.16 Å². The maximum absolute atomic E-state index is 10.8. The van der Waals surface area contributed by atoms with Gasteiger partial charge in [-0.3, -0.25) is 9.36 Å². The van der Waals surface area contributed by atoms with Gasteiger partial charge >= 0.3 is 0 Å². The van der Waals surface area contributed by atoms with E-state index in [9.17, 15) is 4.79 Å². The largest absolute Gasteiger partial charge is 0.369 e. The zero-order chi connectivity index (χ0) is 13.1. The maximum atomic E-state index is 10.8. The molecule has 0 aliphatic carbocycles. The van der Waals surface area contributed by atoms with Gasteiger partial charge in [0.2, 0.25) is 5.91 Å². The molecule has 1 aromatic carbocycles. The number of rotatable bonds is 4. The number of aryl methyl sites for hydroxylation is 2. The van der Waals surface area contributed by atoms with E-state index in [1.807, 2.05) is 24.5 Å². The Morgan fingerprint density at radius 3 is 2.94 bits per heavy atom. The molecule has 0 atom stereocenters. The summed E-state index contributed by atoms with van der Waals surface area (Å²) in [6.45, 7) is 4.06. The van der Waals surface area contributed by atoms with Gasteiger partial charge in [0.25, 0.3) is 0 Å². The minimum absolute atomic E-state index is 0.198. The van der Waals surface area contributed by atoms with Crippen LogP contribution in [0.1, 0.15) is 11.1 Å². The third kappa shape index (κ3) is 2.70. The molecule has 0 aliphatic rings. The Labute approximate surface area is 109 Å². The summed E-state index contributed by atoms with van der Waals surface area (Å²) in [5, 5.41) is 8.56. The van der Waals surface area contributed by atoms with Crippen molar-refractivity contribution < 1.29 is 4.79 Å². The fraction of sp³-hybridized carbons (Fsp3) is 0.250. The Hall–Kier alpha value is -1.82. The number of carbonyl (C=O) groups is 1. The number of nitrogens with two attached hydrogens (primary N) is 1. The molecule has 1 heterocycles. The highest BCUT2D eigenvalue weighted by molar-refractivity contribution is 7.99. The molecule has 0 saturated carbocycles. The van der Waals surface area contributed by atoms with Crippen LogP contribution in [0.5, 0.6) is 0 Å². The molecular formula is C12H14N4OS. The first-order valence-corrected chi connectivity index (χ1v) is 6.45. The maximum Gasteiger partial charge on any atom is 0.227 e. The minimum atomic E-state index is -0.365. The van der Waals surface area contributed by atoms with E-state index < -0.39 is 0 Å². The van der Waals surface area contributed by atoms with Crippen molar-refractivity contribution in [2.75, 3.05) is 5.75 Å². The summed E-state index contributed by atoms with van der Waals surface area (Å²) in [6, 6.07) is 6.17. The van der Waals surface area contributed by atoms with Crippen molar-refractivity contribution in [2.45, 2.75) is 19.0 Å². The van der Waals surface area contributed by atoms with Gasteiger partial charge in [0.05, 0.1) is 11.4 Å². The van der Waals surface area contributed by atoms with Crippen molar-refractivity contribution in [1.29, 1.82) is 0 Å². The fourth-order valence-electron chi connectivity index (χ4n) is 1.60. The molecule has 2 N–H and O–H groups in total. The third-order valence-electron chi connectivity index (χ3n) is 2.48. The summed E-state index contributed by atoms with van der Waals surface area (Å²) >= 11 is 1.29. The molecule has 18 heavy (non-hydrogen) atoms. The number of thioether (sulfide) groups is 1. The Balaban J connectivity index is 2.36. The van der Waals surface area contributed by atoms with Crippen molar-refractivity contribution >= 4 is 17.7 Å². The van der Waals surface area contributed by atoms with Crippen LogP contribution in [0.4, 0.5) is 0 Å². The monoisotopic (exact) mass is 262 g/mol. The lowest BCUT2D eigenvalue weighted by molar-refractivity contribution is -0.115. The predicted octanol–water partition coefficient (Wildman–Crippen LogP) is 1.46. The second kappa shape index (κ2) is 5.22. The minimum Gasteiger partial charge on any atom is -0.369 e. The zero-order valence-corrected chi connectivity index (χ0v) is 11.1. The van der Waals surface area contributed by atoms with Gasteiger partial charge in [-0.15, -0.1) is 10.2 Å². The van der Waals surface area contributed by atoms with Crippen LogP contribution in [0.2, 0.25) is 0 Å². The number of carbonyl (C=O) groups excluding carboxylic acids is 1. The van der Waals surface area contributed by atoms with Crippen molar-refractivity contribution in [3.63, 3.8) is 0 Å². The van der Waals surface area contributed by atoms with Gasteiger partial charge in [0.1, 0.15) is 6.33 Å². The van der Waals surface area contributed by atoms with Crippen LogP contribution in [0.25, 0.3) is 5.69 Å². The Morgan fingerprint density at radius 2 is 2.22 bits per heavy atom. The van der Waals surface area contributed by atoms with Crippen molar-refractivity contribution in [1.82, 2.24) is 14.8 Å². The Morgan fingerprint density at radius 1 is 1.44 bits per heavy atom. The summed E-state index contributed by atoms with van der Waals surface area (Å²) in [4.78, 5) is 10.8. The van der Waals surface area contributed by atoms with Gasteiger partial charge in [-0.25, -0.2) is 0 Å². The van der Waals surface area contributed by atoms with Gasteiger partial charge in [-0.05, 0) is 31.0 Å². The molecule has 0 unspecified atom stereocenters. The lowest BCUT2D eigenvalue weighted by Crippen LogP contribution is -2.13. The van der Waals surface area contributed by atoms with Crippen LogP contribution < -0.4 is 5.73 Å². The van der Waals surface area contributed by atoms with E-state index >= 15 is 0 Å². The number of amides is 1. The summed E-state index contributed by atoms with van der Waals surface area (Å²) in [6.07, 6.45) is 1.64. The first-order valence-electron chi connectivity index (χ1n) is 5.46. The lowest BCUT2D eigenvalue weighted by Gasteiger charge is -2.09. The van der Waals surface area contributed by atoms with E-state index in [4.69, 9.17) is 5.73 Å². The van der Waals surface area contributed by atoms with Crippen molar-refractivity contribution in [3.05, 3.63) is 35.7 Å². The lowest BCUT2D eigenvalue weighted by atomic mass is 10.1. The van der Waals surface area contributed by atoms with Gasteiger partial charge in [-0.2, -0.15) is 0 Å². The first-order chi connectivity index (χ1) is 8.58. The highest BCUT2D eigenvalue weighted by Gasteiger charge is 2.10. The Bertz CT molecular complexity index is 579. The molecular weight excluding hydrogens is 248 g/mol. The molecule has 0 saturated heterocycles. The topological polar surface area (TPSA) is 73.8 Å². The molecule has 0 spiro atoms. The SMILES string of the molecule is Cc1ccc(C)c(-n2cnnc2SCC(N)=O)c1. The average molecular weight is 262 g/mol. The number of benzene rings is 1. The van der Waals surface area contributed by atoms with Crippen LogP contribution >= 0.6 is 11.8 Å². The van der Waals surface area contributed by atoms with E-state index in [1.165, 1.54) is 11.8 Å². The predicted molar refractivity (Wildman–Crippen MR) is 70.8 cm³/mol. The number of nitrogens with zero attached hydrogens (tertiary/aromatic N) is 3. The standard InChI is InChI=1S/C12H14N4OS/c1-8-3-4-9(2)10(5-8)16-7-14-15-12(16)18-6-11(13)17/h3-5,7H,6H2,1-2H3,(H2,13,17).